The zero-order valence-corrected chi connectivity index (χ0v) is 11.6. The highest BCUT2D eigenvalue weighted by molar-refractivity contribution is 6.65. The standard InChI is InChI=1S/C13H13Cl2NO3/c14-10-3-1-9(2-4-10)13(11(15)17)5-7-16(8-6-13)12(18)19/h1-4H,5-8H2,(H,18,19). The second-order valence-electron chi connectivity index (χ2n) is 4.63. The van der Waals surface area contributed by atoms with Gasteiger partial charge in [0.05, 0.1) is 5.41 Å². The van der Waals surface area contributed by atoms with Gasteiger partial charge in [0.2, 0.25) is 5.24 Å². The van der Waals surface area contributed by atoms with Gasteiger partial charge in [-0.15, -0.1) is 0 Å². The first-order chi connectivity index (χ1) is 8.95. The summed E-state index contributed by atoms with van der Waals surface area (Å²) in [7, 11) is 0. The summed E-state index contributed by atoms with van der Waals surface area (Å²) < 4.78 is 0. The van der Waals surface area contributed by atoms with Crippen LogP contribution < -0.4 is 0 Å². The van der Waals surface area contributed by atoms with E-state index in [0.717, 1.165) is 5.56 Å². The van der Waals surface area contributed by atoms with Gasteiger partial charge in [-0.2, -0.15) is 0 Å². The third kappa shape index (κ3) is 2.69. The zero-order valence-electron chi connectivity index (χ0n) is 10.1. The molecule has 1 N–H and O–H groups in total. The van der Waals surface area contributed by atoms with Crippen molar-refractivity contribution in [1.82, 2.24) is 4.90 Å². The molecule has 0 atom stereocenters. The normalized spacial score (nSPS) is 18.1. The Kier molecular flexibility index (Phi) is 4.02. The Hall–Kier alpha value is -1.26. The second-order valence-corrected chi connectivity index (χ2v) is 5.41. The lowest BCUT2D eigenvalue weighted by atomic mass is 9.74. The van der Waals surface area contributed by atoms with E-state index in [1.165, 1.54) is 4.90 Å². The van der Waals surface area contributed by atoms with Crippen LogP contribution >= 0.6 is 23.2 Å². The summed E-state index contributed by atoms with van der Waals surface area (Å²) in [5.41, 5.74) is -0.0140. The van der Waals surface area contributed by atoms with Gasteiger partial charge in [0.1, 0.15) is 0 Å². The Bertz CT molecular complexity index is 493. The van der Waals surface area contributed by atoms with Crippen molar-refractivity contribution in [3.8, 4) is 0 Å². The summed E-state index contributed by atoms with van der Waals surface area (Å²) in [6.45, 7) is 0.604. The van der Waals surface area contributed by atoms with Crippen LogP contribution in [0.4, 0.5) is 4.79 Å². The number of carboxylic acid groups (broad SMARTS) is 1. The topological polar surface area (TPSA) is 57.6 Å². The molecule has 2 rings (SSSR count). The minimum Gasteiger partial charge on any atom is -0.465 e. The molecule has 0 spiro atoms. The molecule has 1 aliphatic heterocycles. The average Bonchev–Trinajstić information content (AvgIpc) is 2.39. The van der Waals surface area contributed by atoms with Gasteiger partial charge in [-0.3, -0.25) is 4.79 Å². The number of halogens is 2. The van der Waals surface area contributed by atoms with Crippen molar-refractivity contribution < 1.29 is 14.7 Å². The average molecular weight is 302 g/mol. The van der Waals surface area contributed by atoms with Crippen molar-refractivity contribution >= 4 is 34.5 Å². The molecule has 0 unspecified atom stereocenters. The predicted molar refractivity (Wildman–Crippen MR) is 72.8 cm³/mol. The highest BCUT2D eigenvalue weighted by Crippen LogP contribution is 2.38. The van der Waals surface area contributed by atoms with E-state index in [9.17, 15) is 9.59 Å². The molecule has 1 amide bonds. The summed E-state index contributed by atoms with van der Waals surface area (Å²) in [6.07, 6.45) is -0.182. The molecule has 102 valence electrons. The van der Waals surface area contributed by atoms with Crippen molar-refractivity contribution in [3.05, 3.63) is 34.9 Å². The molecule has 1 saturated heterocycles. The van der Waals surface area contributed by atoms with Crippen LogP contribution in [0.2, 0.25) is 5.02 Å². The van der Waals surface area contributed by atoms with E-state index in [1.54, 1.807) is 24.3 Å². The number of hydrogen-bond acceptors (Lipinski definition) is 2. The first kappa shape index (κ1) is 14.2. The zero-order chi connectivity index (χ0) is 14.0. The minimum atomic E-state index is -0.966. The Morgan fingerprint density at radius 1 is 1.16 bits per heavy atom. The van der Waals surface area contributed by atoms with Crippen molar-refractivity contribution in [2.45, 2.75) is 18.3 Å². The van der Waals surface area contributed by atoms with E-state index in [-0.39, 0.29) is 0 Å². The summed E-state index contributed by atoms with van der Waals surface area (Å²) >= 11 is 11.6. The molecule has 1 aromatic carbocycles. The van der Waals surface area contributed by atoms with Crippen LogP contribution in [0.5, 0.6) is 0 Å². The molecule has 1 fully saturated rings. The number of hydrogen-bond donors (Lipinski definition) is 1. The van der Waals surface area contributed by atoms with Gasteiger partial charge >= 0.3 is 6.09 Å². The SMILES string of the molecule is O=C(O)N1CCC(C(=O)Cl)(c2ccc(Cl)cc2)CC1. The van der Waals surface area contributed by atoms with E-state index in [0.29, 0.717) is 31.0 Å². The number of amides is 1. The highest BCUT2D eigenvalue weighted by atomic mass is 35.5. The number of rotatable bonds is 2. The maximum Gasteiger partial charge on any atom is 0.407 e. The molecule has 1 aliphatic rings. The van der Waals surface area contributed by atoms with Gasteiger partial charge in [-0.05, 0) is 42.1 Å². The Morgan fingerprint density at radius 3 is 2.11 bits per heavy atom. The fraction of sp³-hybridized carbons (Fsp3) is 0.385. The van der Waals surface area contributed by atoms with E-state index in [2.05, 4.69) is 0 Å². The Labute approximate surface area is 120 Å². The highest BCUT2D eigenvalue weighted by Gasteiger charge is 2.42. The van der Waals surface area contributed by atoms with Crippen molar-refractivity contribution in [3.63, 3.8) is 0 Å². The van der Waals surface area contributed by atoms with Crippen LogP contribution in [0.3, 0.4) is 0 Å². The van der Waals surface area contributed by atoms with E-state index >= 15 is 0 Å². The van der Waals surface area contributed by atoms with Crippen LogP contribution in [0.25, 0.3) is 0 Å². The number of carbonyl (C=O) groups is 2. The maximum atomic E-state index is 11.8. The minimum absolute atomic E-state index is 0.302. The second kappa shape index (κ2) is 5.39. The number of piperidine rings is 1. The van der Waals surface area contributed by atoms with Crippen molar-refractivity contribution in [2.75, 3.05) is 13.1 Å². The number of benzene rings is 1. The third-order valence-corrected chi connectivity index (χ3v) is 4.27. The van der Waals surface area contributed by atoms with Gasteiger partial charge in [0.25, 0.3) is 0 Å². The van der Waals surface area contributed by atoms with E-state index < -0.39 is 16.8 Å². The van der Waals surface area contributed by atoms with Crippen LogP contribution in [-0.2, 0) is 10.2 Å². The summed E-state index contributed by atoms with van der Waals surface area (Å²) in [5, 5.41) is 9.09. The molecular formula is C13H13Cl2NO3. The van der Waals surface area contributed by atoms with Crippen LogP contribution in [0.15, 0.2) is 24.3 Å². The molecular weight excluding hydrogens is 289 g/mol. The molecule has 4 nitrogen and oxygen atoms in total. The number of nitrogens with zero attached hydrogens (tertiary/aromatic N) is 1. The quantitative estimate of drug-likeness (QED) is 0.854. The lowest BCUT2D eigenvalue weighted by Crippen LogP contribution is -2.47. The van der Waals surface area contributed by atoms with Crippen molar-refractivity contribution in [1.29, 1.82) is 0 Å². The summed E-state index contributed by atoms with van der Waals surface area (Å²) in [6, 6.07) is 6.97. The van der Waals surface area contributed by atoms with Gasteiger partial charge < -0.3 is 10.0 Å². The summed E-state index contributed by atoms with van der Waals surface area (Å²) in [5.74, 6) is 0. The molecule has 19 heavy (non-hydrogen) atoms. The first-order valence-electron chi connectivity index (χ1n) is 5.89. The first-order valence-corrected chi connectivity index (χ1v) is 6.65. The molecule has 0 radical (unpaired) electrons. The molecule has 0 aromatic heterocycles. The molecule has 1 aromatic rings. The largest absolute Gasteiger partial charge is 0.465 e. The molecule has 6 heteroatoms. The van der Waals surface area contributed by atoms with Crippen molar-refractivity contribution in [2.24, 2.45) is 0 Å². The molecule has 0 saturated carbocycles. The Morgan fingerprint density at radius 2 is 1.68 bits per heavy atom. The van der Waals surface area contributed by atoms with Gasteiger partial charge in [-0.1, -0.05) is 23.7 Å². The van der Waals surface area contributed by atoms with Gasteiger partial charge in [-0.25, -0.2) is 4.79 Å². The smallest absolute Gasteiger partial charge is 0.407 e. The number of likely N-dealkylation sites (tertiary alicyclic amines) is 1. The molecule has 0 bridgehead atoms. The lowest BCUT2D eigenvalue weighted by molar-refractivity contribution is -0.118. The van der Waals surface area contributed by atoms with Crippen LogP contribution in [0.1, 0.15) is 18.4 Å². The summed E-state index contributed by atoms with van der Waals surface area (Å²) in [4.78, 5) is 24.1. The number of carbonyl (C=O) groups excluding carboxylic acids is 1. The lowest BCUT2D eigenvalue weighted by Gasteiger charge is -2.38. The third-order valence-electron chi connectivity index (χ3n) is 3.66. The monoisotopic (exact) mass is 301 g/mol. The molecule has 1 heterocycles. The molecule has 0 aliphatic carbocycles. The van der Waals surface area contributed by atoms with Crippen LogP contribution in [-0.4, -0.2) is 34.4 Å². The van der Waals surface area contributed by atoms with Gasteiger partial charge in [0.15, 0.2) is 0 Å². The van der Waals surface area contributed by atoms with E-state index in [4.69, 9.17) is 28.3 Å². The van der Waals surface area contributed by atoms with E-state index in [1.807, 2.05) is 0 Å². The Balaban J connectivity index is 2.28. The fourth-order valence-corrected chi connectivity index (χ4v) is 2.87. The van der Waals surface area contributed by atoms with Crippen LogP contribution in [0, 0.1) is 0 Å². The fourth-order valence-electron chi connectivity index (χ4n) is 2.45. The predicted octanol–water partition coefficient (Wildman–Crippen LogP) is 3.12. The van der Waals surface area contributed by atoms with Gasteiger partial charge in [0, 0.05) is 18.1 Å². The maximum absolute atomic E-state index is 11.8.